The summed E-state index contributed by atoms with van der Waals surface area (Å²) in [7, 11) is 0. The van der Waals surface area contributed by atoms with Gasteiger partial charge in [-0.1, -0.05) is 47.5 Å². The van der Waals surface area contributed by atoms with Crippen LogP contribution in [-0.4, -0.2) is 53.1 Å². The van der Waals surface area contributed by atoms with Crippen molar-refractivity contribution in [3.8, 4) is 9.75 Å². The lowest BCUT2D eigenvalue weighted by molar-refractivity contribution is -0.123. The molecule has 2 aromatic rings. The fourth-order valence-corrected chi connectivity index (χ4v) is 11.5. The number of carbonyl (C=O) groups excluding carboxylic acids is 4. The lowest BCUT2D eigenvalue weighted by atomic mass is 9.67. The van der Waals surface area contributed by atoms with E-state index in [1.807, 2.05) is 12.1 Å². The zero-order valence-corrected chi connectivity index (χ0v) is 30.2. The van der Waals surface area contributed by atoms with E-state index in [1.54, 1.807) is 6.92 Å². The number of Topliss-reactive ketones (excluding diaryl/α,β-unsaturated/α-hetero) is 4. The normalized spacial score (nSPS) is 35.8. The van der Waals surface area contributed by atoms with E-state index in [2.05, 4.69) is 32.7 Å². The number of fused-ring (bicyclic) bond motifs is 5. The molecule has 0 amide bonds. The van der Waals surface area contributed by atoms with Crippen LogP contribution in [0, 0.1) is 41.4 Å². The van der Waals surface area contributed by atoms with Gasteiger partial charge in [0.15, 0.2) is 34.6 Å². The fourth-order valence-electron chi connectivity index (χ4n) is 9.07. The van der Waals surface area contributed by atoms with Gasteiger partial charge in [0.05, 0.1) is 9.75 Å². The van der Waals surface area contributed by atoms with Gasteiger partial charge in [-0.2, -0.15) is 0 Å². The Balaban J connectivity index is 1.31. The van der Waals surface area contributed by atoms with Crippen LogP contribution in [0.1, 0.15) is 97.1 Å². The van der Waals surface area contributed by atoms with Gasteiger partial charge in [0.1, 0.15) is 28.5 Å². The average Bonchev–Trinajstić information content (AvgIpc) is 3.83. The number of halogens is 3. The molecular weight excluding hydrogens is 670 g/mol. The van der Waals surface area contributed by atoms with E-state index < -0.39 is 59.2 Å². The Morgan fingerprint density at radius 3 is 1.43 bits per heavy atom. The number of alkyl halides is 3. The second kappa shape index (κ2) is 12.8. The summed E-state index contributed by atoms with van der Waals surface area (Å²) in [5.41, 5.74) is 1.48. The van der Waals surface area contributed by atoms with E-state index in [0.717, 1.165) is 46.6 Å². The highest BCUT2D eigenvalue weighted by Crippen LogP contribution is 2.62. The van der Waals surface area contributed by atoms with Crippen molar-refractivity contribution in [1.82, 2.24) is 0 Å². The Morgan fingerprint density at radius 1 is 0.673 bits per heavy atom. The fraction of sp³-hybridized carbons (Fsp3) is 0.632. The van der Waals surface area contributed by atoms with Gasteiger partial charge in [0.2, 0.25) is 0 Å². The summed E-state index contributed by atoms with van der Waals surface area (Å²) in [6.07, 6.45) is -1.23. The van der Waals surface area contributed by atoms with Crippen molar-refractivity contribution in [2.45, 2.75) is 110 Å². The van der Waals surface area contributed by atoms with Crippen LogP contribution < -0.4 is 0 Å². The Kier molecular flexibility index (Phi) is 9.02. The molecule has 6 nitrogen and oxygen atoms in total. The molecular formula is C38H43F3N2O4S2. The van der Waals surface area contributed by atoms with E-state index in [-0.39, 0.29) is 48.2 Å². The number of nitrogens with zero attached hydrogens (tertiary/aromatic N) is 2. The summed E-state index contributed by atoms with van der Waals surface area (Å²) in [6, 6.07) is 4.01. The van der Waals surface area contributed by atoms with Crippen LogP contribution in [0.2, 0.25) is 0 Å². The minimum Gasteiger partial charge on any atom is -0.292 e. The standard InChI is InChI=1S/C38H43F3N2O4S2/c1-6-16(3)14-38(15-17(4)7-2)23-12-28(42-30-32(44)19-8-18(5)25(39)9-20(19)33(30)45)48-36(23)37-24(38)13-29(49-37)43-31-34(46)21-10-26(40)27(41)11-22(21)35(31)47/h12-13,16-22,25-27H,6-11,14-15H2,1-5H3. The van der Waals surface area contributed by atoms with Crippen molar-refractivity contribution in [2.75, 3.05) is 0 Å². The van der Waals surface area contributed by atoms with Crippen molar-refractivity contribution in [3.63, 3.8) is 0 Å². The summed E-state index contributed by atoms with van der Waals surface area (Å²) >= 11 is 2.80. The number of hydrogen-bond donors (Lipinski definition) is 0. The number of rotatable bonds is 8. The van der Waals surface area contributed by atoms with Gasteiger partial charge in [-0.15, -0.1) is 22.7 Å². The number of ketones is 4. The summed E-state index contributed by atoms with van der Waals surface area (Å²) in [5, 5.41) is 1.06. The minimum absolute atomic E-state index is 0.0579. The smallest absolute Gasteiger partial charge is 0.188 e. The summed E-state index contributed by atoms with van der Waals surface area (Å²) in [5.74, 6) is -4.13. The van der Waals surface area contributed by atoms with E-state index >= 15 is 0 Å². The number of hydrogen-bond acceptors (Lipinski definition) is 8. The predicted octanol–water partition coefficient (Wildman–Crippen LogP) is 9.10. The van der Waals surface area contributed by atoms with Crippen molar-refractivity contribution < 1.29 is 32.3 Å². The molecule has 0 radical (unpaired) electrons. The Labute approximate surface area is 293 Å². The molecule has 7 rings (SSSR count). The summed E-state index contributed by atoms with van der Waals surface area (Å²) < 4.78 is 43.0. The molecule has 10 unspecified atom stereocenters. The first kappa shape index (κ1) is 34.6. The highest BCUT2D eigenvalue weighted by atomic mass is 32.1. The van der Waals surface area contributed by atoms with Crippen LogP contribution in [0.25, 0.3) is 9.75 Å². The van der Waals surface area contributed by atoms with Gasteiger partial charge < -0.3 is 0 Å². The minimum atomic E-state index is -1.76. The van der Waals surface area contributed by atoms with Crippen molar-refractivity contribution in [2.24, 2.45) is 51.4 Å². The van der Waals surface area contributed by atoms with Gasteiger partial charge in [-0.05, 0) is 79.5 Å². The molecule has 4 fully saturated rings. The molecule has 2 heterocycles. The number of thiophene rings is 2. The first-order chi connectivity index (χ1) is 23.3. The molecule has 262 valence electrons. The SMILES string of the molecule is CCC(C)CC1(CC(C)CC)c2cc(N=C3C(=O)C4CC(C)C(F)CC4C3=O)sc2-c2sc(N=C3C(=O)C4CC(F)C(F)CC4C3=O)cc21. The van der Waals surface area contributed by atoms with Crippen LogP contribution in [-0.2, 0) is 24.6 Å². The molecule has 49 heavy (non-hydrogen) atoms. The third-order valence-corrected chi connectivity index (χ3v) is 14.5. The second-order valence-electron chi connectivity index (χ2n) is 15.4. The van der Waals surface area contributed by atoms with Gasteiger partial charge >= 0.3 is 0 Å². The Morgan fingerprint density at radius 2 is 1.04 bits per heavy atom. The quantitative estimate of drug-likeness (QED) is 0.273. The van der Waals surface area contributed by atoms with Crippen LogP contribution >= 0.6 is 22.7 Å². The van der Waals surface area contributed by atoms with Gasteiger partial charge in [-0.3, -0.25) is 19.2 Å². The highest BCUT2D eigenvalue weighted by molar-refractivity contribution is 7.26. The third kappa shape index (κ3) is 5.56. The van der Waals surface area contributed by atoms with Crippen molar-refractivity contribution in [3.05, 3.63) is 23.3 Å². The maximum absolute atomic E-state index is 14.6. The second-order valence-corrected chi connectivity index (χ2v) is 17.5. The van der Waals surface area contributed by atoms with Gasteiger partial charge in [0, 0.05) is 29.1 Å². The molecule has 0 saturated heterocycles. The van der Waals surface area contributed by atoms with E-state index in [0.29, 0.717) is 28.3 Å². The van der Waals surface area contributed by atoms with E-state index in [9.17, 15) is 32.3 Å². The first-order valence-corrected chi connectivity index (χ1v) is 19.5. The molecule has 0 spiro atoms. The number of carbonyl (C=O) groups is 4. The predicted molar refractivity (Wildman–Crippen MR) is 187 cm³/mol. The van der Waals surface area contributed by atoms with E-state index in [4.69, 9.17) is 4.99 Å². The molecule has 2 aromatic heterocycles. The Hall–Kier alpha value is -2.79. The van der Waals surface area contributed by atoms with E-state index in [1.165, 1.54) is 22.7 Å². The maximum Gasteiger partial charge on any atom is 0.188 e. The van der Waals surface area contributed by atoms with Crippen LogP contribution in [0.15, 0.2) is 22.1 Å². The first-order valence-electron chi connectivity index (χ1n) is 17.8. The molecule has 0 aliphatic heterocycles. The van der Waals surface area contributed by atoms with Crippen LogP contribution in [0.4, 0.5) is 23.2 Å². The molecule has 10 atom stereocenters. The molecule has 5 aliphatic rings. The molecule has 5 aliphatic carbocycles. The summed E-state index contributed by atoms with van der Waals surface area (Å²) in [6.45, 7) is 10.6. The van der Waals surface area contributed by atoms with Gasteiger partial charge in [0.25, 0.3) is 0 Å². The van der Waals surface area contributed by atoms with Gasteiger partial charge in [-0.25, -0.2) is 23.2 Å². The highest BCUT2D eigenvalue weighted by Gasteiger charge is 2.54. The molecule has 0 bridgehead atoms. The Bertz CT molecular complexity index is 1610. The lowest BCUT2D eigenvalue weighted by Crippen LogP contribution is -2.35. The molecule has 0 aromatic carbocycles. The zero-order chi connectivity index (χ0) is 35.1. The molecule has 4 saturated carbocycles. The topological polar surface area (TPSA) is 93.0 Å². The van der Waals surface area contributed by atoms with Crippen LogP contribution in [0.3, 0.4) is 0 Å². The van der Waals surface area contributed by atoms with Crippen molar-refractivity contribution in [1.29, 1.82) is 0 Å². The zero-order valence-electron chi connectivity index (χ0n) is 28.6. The van der Waals surface area contributed by atoms with Crippen LogP contribution in [0.5, 0.6) is 0 Å². The monoisotopic (exact) mass is 712 g/mol. The van der Waals surface area contributed by atoms with Crippen molar-refractivity contribution >= 4 is 67.2 Å². The lowest BCUT2D eigenvalue weighted by Gasteiger charge is -2.35. The third-order valence-electron chi connectivity index (χ3n) is 12.2. The molecule has 11 heteroatoms. The molecule has 0 N–H and O–H groups in total. The maximum atomic E-state index is 14.6. The average molecular weight is 713 g/mol. The largest absolute Gasteiger partial charge is 0.292 e. The number of aliphatic imine (C=N–C) groups is 2. The summed E-state index contributed by atoms with van der Waals surface area (Å²) in [4.78, 5) is 64.7.